The molecule has 0 spiro atoms. The highest BCUT2D eigenvalue weighted by Gasteiger charge is 2.08. The van der Waals surface area contributed by atoms with Gasteiger partial charge in [0.05, 0.1) is 5.69 Å². The van der Waals surface area contributed by atoms with Crippen LogP contribution < -0.4 is 5.32 Å². The van der Waals surface area contributed by atoms with Crippen molar-refractivity contribution in [2.24, 2.45) is 0 Å². The molecule has 0 saturated heterocycles. The number of hydrogen-bond donors (Lipinski definition) is 2. The Morgan fingerprint density at radius 3 is 2.88 bits per heavy atom. The lowest BCUT2D eigenvalue weighted by molar-refractivity contribution is 0.0952. The van der Waals surface area contributed by atoms with Crippen LogP contribution in [-0.2, 0) is 6.54 Å². The van der Waals surface area contributed by atoms with Crippen molar-refractivity contribution in [3.63, 3.8) is 0 Å². The summed E-state index contributed by atoms with van der Waals surface area (Å²) >= 11 is 0. The first-order chi connectivity index (χ1) is 11.6. The third-order valence-electron chi connectivity index (χ3n) is 3.83. The van der Waals surface area contributed by atoms with Gasteiger partial charge in [0, 0.05) is 42.3 Å². The van der Waals surface area contributed by atoms with Crippen LogP contribution in [0.25, 0.3) is 11.4 Å². The van der Waals surface area contributed by atoms with Crippen LogP contribution in [0.15, 0.2) is 42.7 Å². The maximum atomic E-state index is 12.3. The van der Waals surface area contributed by atoms with Crippen molar-refractivity contribution in [3.05, 3.63) is 59.7 Å². The van der Waals surface area contributed by atoms with E-state index in [1.165, 1.54) is 0 Å². The van der Waals surface area contributed by atoms with Gasteiger partial charge in [0.15, 0.2) is 0 Å². The summed E-state index contributed by atoms with van der Waals surface area (Å²) in [6.07, 6.45) is 4.30. The average Bonchev–Trinajstić information content (AvgIpc) is 3.21. The molecule has 0 atom stereocenters. The lowest BCUT2D eigenvalue weighted by atomic mass is 10.1. The Labute approximate surface area is 140 Å². The SMILES string of the molecule is Cc1cc(C)n(CCCNC(=O)c2cccc(-c3ncc[nH]3)c2)n1. The zero-order valence-corrected chi connectivity index (χ0v) is 13.9. The van der Waals surface area contributed by atoms with Gasteiger partial charge in [-0.3, -0.25) is 9.48 Å². The Hall–Kier alpha value is -2.89. The highest BCUT2D eigenvalue weighted by molar-refractivity contribution is 5.95. The van der Waals surface area contributed by atoms with E-state index in [0.29, 0.717) is 12.1 Å². The van der Waals surface area contributed by atoms with Gasteiger partial charge in [-0.2, -0.15) is 5.10 Å². The first-order valence-electron chi connectivity index (χ1n) is 8.02. The number of H-pyrrole nitrogens is 1. The Kier molecular flexibility index (Phi) is 4.74. The van der Waals surface area contributed by atoms with Crippen LogP contribution >= 0.6 is 0 Å². The van der Waals surface area contributed by atoms with Crippen molar-refractivity contribution in [2.45, 2.75) is 26.8 Å². The number of benzene rings is 1. The third-order valence-corrected chi connectivity index (χ3v) is 3.83. The first-order valence-corrected chi connectivity index (χ1v) is 8.02. The lowest BCUT2D eigenvalue weighted by Crippen LogP contribution is -2.25. The number of amides is 1. The van der Waals surface area contributed by atoms with Gasteiger partial charge in [0.2, 0.25) is 0 Å². The fourth-order valence-corrected chi connectivity index (χ4v) is 2.66. The normalized spacial score (nSPS) is 10.8. The number of imidazole rings is 1. The molecule has 2 aromatic heterocycles. The van der Waals surface area contributed by atoms with E-state index in [0.717, 1.165) is 35.7 Å². The summed E-state index contributed by atoms with van der Waals surface area (Å²) in [6.45, 7) is 5.44. The second-order valence-electron chi connectivity index (χ2n) is 5.78. The van der Waals surface area contributed by atoms with E-state index in [1.807, 2.05) is 42.8 Å². The van der Waals surface area contributed by atoms with Crippen LogP contribution in [0.2, 0.25) is 0 Å². The molecular formula is C18H21N5O. The van der Waals surface area contributed by atoms with E-state index in [9.17, 15) is 4.79 Å². The minimum absolute atomic E-state index is 0.0724. The van der Waals surface area contributed by atoms with Crippen LogP contribution in [0.4, 0.5) is 0 Å². The molecule has 0 fully saturated rings. The number of aryl methyl sites for hydroxylation is 3. The molecule has 0 unspecified atom stereocenters. The van der Waals surface area contributed by atoms with Crippen molar-refractivity contribution < 1.29 is 4.79 Å². The number of carbonyl (C=O) groups excluding carboxylic acids is 1. The van der Waals surface area contributed by atoms with Gasteiger partial charge in [-0.1, -0.05) is 12.1 Å². The molecule has 2 N–H and O–H groups in total. The van der Waals surface area contributed by atoms with Gasteiger partial charge >= 0.3 is 0 Å². The molecule has 0 radical (unpaired) electrons. The fourth-order valence-electron chi connectivity index (χ4n) is 2.66. The fraction of sp³-hybridized carbons (Fsp3) is 0.278. The standard InChI is InChI=1S/C18H21N5O/c1-13-11-14(2)23(22-13)10-4-7-21-18(24)16-6-3-5-15(12-16)17-19-8-9-20-17/h3,5-6,8-9,11-12H,4,7,10H2,1-2H3,(H,19,20)(H,21,24). The smallest absolute Gasteiger partial charge is 0.251 e. The zero-order chi connectivity index (χ0) is 16.9. The topological polar surface area (TPSA) is 75.6 Å². The predicted octanol–water partition coefficient (Wildman–Crippen LogP) is 2.71. The van der Waals surface area contributed by atoms with E-state index < -0.39 is 0 Å². The molecule has 124 valence electrons. The molecular weight excluding hydrogens is 302 g/mol. The van der Waals surface area contributed by atoms with Gasteiger partial charge in [-0.15, -0.1) is 0 Å². The van der Waals surface area contributed by atoms with Crippen molar-refractivity contribution in [1.29, 1.82) is 0 Å². The van der Waals surface area contributed by atoms with Crippen LogP contribution in [0.3, 0.4) is 0 Å². The van der Waals surface area contributed by atoms with Gasteiger partial charge in [-0.05, 0) is 38.5 Å². The molecule has 24 heavy (non-hydrogen) atoms. The number of aromatic nitrogens is 4. The van der Waals surface area contributed by atoms with Crippen molar-refractivity contribution in [1.82, 2.24) is 25.1 Å². The number of hydrogen-bond acceptors (Lipinski definition) is 3. The molecule has 0 aliphatic carbocycles. The van der Waals surface area contributed by atoms with E-state index in [1.54, 1.807) is 12.4 Å². The molecule has 0 saturated carbocycles. The van der Waals surface area contributed by atoms with E-state index in [-0.39, 0.29) is 5.91 Å². The molecule has 2 heterocycles. The van der Waals surface area contributed by atoms with Crippen molar-refractivity contribution in [3.8, 4) is 11.4 Å². The molecule has 0 aliphatic rings. The summed E-state index contributed by atoms with van der Waals surface area (Å²) in [4.78, 5) is 19.5. The monoisotopic (exact) mass is 323 g/mol. The van der Waals surface area contributed by atoms with Gasteiger partial charge in [0.1, 0.15) is 5.82 Å². The average molecular weight is 323 g/mol. The lowest BCUT2D eigenvalue weighted by Gasteiger charge is -2.07. The first kappa shape index (κ1) is 16.0. The summed E-state index contributed by atoms with van der Waals surface area (Å²) in [5.41, 5.74) is 3.70. The van der Waals surface area contributed by atoms with Crippen LogP contribution in [-0.4, -0.2) is 32.2 Å². The van der Waals surface area contributed by atoms with E-state index in [4.69, 9.17) is 0 Å². The quantitative estimate of drug-likeness (QED) is 0.685. The molecule has 6 heteroatoms. The molecule has 0 aliphatic heterocycles. The van der Waals surface area contributed by atoms with Gasteiger partial charge in [0.25, 0.3) is 5.91 Å². The Bertz CT molecular complexity index is 820. The second-order valence-corrected chi connectivity index (χ2v) is 5.78. The number of aromatic amines is 1. The summed E-state index contributed by atoms with van der Waals surface area (Å²) in [5.74, 6) is 0.686. The Morgan fingerprint density at radius 1 is 1.29 bits per heavy atom. The summed E-state index contributed by atoms with van der Waals surface area (Å²) in [6, 6.07) is 9.50. The Morgan fingerprint density at radius 2 is 2.17 bits per heavy atom. The Balaban J connectivity index is 1.54. The molecule has 1 aromatic carbocycles. The highest BCUT2D eigenvalue weighted by Crippen LogP contribution is 2.15. The maximum Gasteiger partial charge on any atom is 0.251 e. The number of rotatable bonds is 6. The number of nitrogens with one attached hydrogen (secondary N) is 2. The second kappa shape index (κ2) is 7.12. The zero-order valence-electron chi connectivity index (χ0n) is 13.9. The maximum absolute atomic E-state index is 12.3. The minimum atomic E-state index is -0.0724. The largest absolute Gasteiger partial charge is 0.352 e. The minimum Gasteiger partial charge on any atom is -0.352 e. The van der Waals surface area contributed by atoms with Gasteiger partial charge < -0.3 is 10.3 Å². The molecule has 6 nitrogen and oxygen atoms in total. The molecule has 0 bridgehead atoms. The third kappa shape index (κ3) is 3.71. The molecule has 3 aromatic rings. The highest BCUT2D eigenvalue weighted by atomic mass is 16.1. The van der Waals surface area contributed by atoms with Crippen molar-refractivity contribution in [2.75, 3.05) is 6.54 Å². The molecule has 3 rings (SSSR count). The van der Waals surface area contributed by atoms with Crippen LogP contribution in [0.5, 0.6) is 0 Å². The predicted molar refractivity (Wildman–Crippen MR) is 92.7 cm³/mol. The molecule has 1 amide bonds. The summed E-state index contributed by atoms with van der Waals surface area (Å²) in [7, 11) is 0. The summed E-state index contributed by atoms with van der Waals surface area (Å²) in [5, 5.41) is 7.38. The van der Waals surface area contributed by atoms with E-state index in [2.05, 4.69) is 26.4 Å². The number of nitrogens with zero attached hydrogens (tertiary/aromatic N) is 3. The van der Waals surface area contributed by atoms with E-state index >= 15 is 0 Å². The summed E-state index contributed by atoms with van der Waals surface area (Å²) < 4.78 is 1.97. The van der Waals surface area contributed by atoms with Crippen LogP contribution in [0, 0.1) is 13.8 Å². The number of carbonyl (C=O) groups is 1. The van der Waals surface area contributed by atoms with Crippen LogP contribution in [0.1, 0.15) is 28.2 Å². The van der Waals surface area contributed by atoms with Gasteiger partial charge in [-0.25, -0.2) is 4.98 Å². The van der Waals surface area contributed by atoms with Crippen molar-refractivity contribution >= 4 is 5.91 Å².